The Balaban J connectivity index is 2.35. The van der Waals surface area contributed by atoms with Gasteiger partial charge in [0.1, 0.15) is 5.75 Å². The highest BCUT2D eigenvalue weighted by molar-refractivity contribution is 14.1. The van der Waals surface area contributed by atoms with E-state index >= 15 is 0 Å². The van der Waals surface area contributed by atoms with Crippen LogP contribution in [0.2, 0.25) is 0 Å². The molecule has 0 fully saturated rings. The molecule has 27 heavy (non-hydrogen) atoms. The third-order valence-corrected chi connectivity index (χ3v) is 5.62. The maximum Gasteiger partial charge on any atom is 0.217 e. The van der Waals surface area contributed by atoms with Gasteiger partial charge in [-0.25, -0.2) is 0 Å². The van der Waals surface area contributed by atoms with Crippen LogP contribution in [0.4, 0.5) is 0 Å². The molecule has 6 nitrogen and oxygen atoms in total. The molecule has 0 saturated carbocycles. The summed E-state index contributed by atoms with van der Waals surface area (Å²) in [5.74, 6) is 1.77. The number of ether oxygens (including phenoxy) is 3. The minimum atomic E-state index is -0.213. The zero-order valence-electron chi connectivity index (χ0n) is 15.7. The Hall–Kier alpha value is -2.16. The quantitative estimate of drug-likeness (QED) is 0.647. The van der Waals surface area contributed by atoms with E-state index in [1.807, 2.05) is 12.1 Å². The van der Waals surface area contributed by atoms with E-state index in [0.29, 0.717) is 30.1 Å². The molecule has 1 amide bonds. The van der Waals surface area contributed by atoms with Crippen molar-refractivity contribution in [2.75, 3.05) is 21.3 Å². The van der Waals surface area contributed by atoms with Crippen LogP contribution in [0.25, 0.3) is 11.1 Å². The molecule has 0 saturated heterocycles. The first-order chi connectivity index (χ1) is 12.9. The van der Waals surface area contributed by atoms with Crippen LogP contribution in [-0.4, -0.2) is 32.3 Å². The van der Waals surface area contributed by atoms with Crippen molar-refractivity contribution >= 4 is 28.5 Å². The lowest BCUT2D eigenvalue weighted by molar-refractivity contribution is -0.119. The van der Waals surface area contributed by atoms with Crippen LogP contribution >= 0.6 is 22.6 Å². The highest BCUT2D eigenvalue weighted by Crippen LogP contribution is 2.51. The van der Waals surface area contributed by atoms with Gasteiger partial charge < -0.3 is 24.6 Å². The van der Waals surface area contributed by atoms with Gasteiger partial charge in [-0.05, 0) is 70.3 Å². The van der Waals surface area contributed by atoms with Gasteiger partial charge in [-0.1, -0.05) is 0 Å². The van der Waals surface area contributed by atoms with E-state index in [1.165, 1.54) is 6.92 Å². The number of methoxy groups -OCH3 is 3. The van der Waals surface area contributed by atoms with E-state index in [2.05, 4.69) is 27.9 Å². The number of hydrogen-bond acceptors (Lipinski definition) is 5. The number of nitrogens with one attached hydrogen (secondary N) is 1. The minimum absolute atomic E-state index is 0.114. The Labute approximate surface area is 172 Å². The first-order valence-electron chi connectivity index (χ1n) is 8.53. The summed E-state index contributed by atoms with van der Waals surface area (Å²) >= 11 is 2.10. The van der Waals surface area contributed by atoms with Crippen molar-refractivity contribution in [3.63, 3.8) is 0 Å². The lowest BCUT2D eigenvalue weighted by Gasteiger charge is -2.21. The molecule has 0 spiro atoms. The van der Waals surface area contributed by atoms with E-state index in [-0.39, 0.29) is 17.7 Å². The molecule has 144 valence electrons. The van der Waals surface area contributed by atoms with Crippen molar-refractivity contribution in [3.05, 3.63) is 32.9 Å². The summed E-state index contributed by atoms with van der Waals surface area (Å²) in [5.41, 5.74) is 3.70. The molecule has 0 bridgehead atoms. The summed E-state index contributed by atoms with van der Waals surface area (Å²) in [5, 5.41) is 13.3. The fraction of sp³-hybridized carbons (Fsp3) is 0.350. The van der Waals surface area contributed by atoms with Crippen LogP contribution in [0.5, 0.6) is 23.0 Å². The fourth-order valence-electron chi connectivity index (χ4n) is 3.63. The normalized spacial score (nSPS) is 15.2. The number of aryl methyl sites for hydroxylation is 1. The minimum Gasteiger partial charge on any atom is -0.507 e. The van der Waals surface area contributed by atoms with Gasteiger partial charge >= 0.3 is 0 Å². The van der Waals surface area contributed by atoms with Crippen LogP contribution in [0.1, 0.15) is 30.5 Å². The van der Waals surface area contributed by atoms with Crippen LogP contribution in [0.3, 0.4) is 0 Å². The number of hydrogen-bond donors (Lipinski definition) is 2. The third kappa shape index (κ3) is 3.52. The lowest BCUT2D eigenvalue weighted by Crippen LogP contribution is -2.26. The van der Waals surface area contributed by atoms with Crippen molar-refractivity contribution in [1.29, 1.82) is 0 Å². The maximum absolute atomic E-state index is 11.7. The fourth-order valence-corrected chi connectivity index (χ4v) is 4.10. The number of fused-ring (bicyclic) bond motifs is 3. The van der Waals surface area contributed by atoms with Gasteiger partial charge in [-0.15, -0.1) is 0 Å². The van der Waals surface area contributed by atoms with Crippen molar-refractivity contribution in [2.24, 2.45) is 0 Å². The van der Waals surface area contributed by atoms with Crippen LogP contribution in [-0.2, 0) is 11.2 Å². The molecular weight excluding hydrogens is 461 g/mol. The molecule has 0 heterocycles. The second-order valence-corrected chi connectivity index (χ2v) is 7.52. The number of carbonyl (C=O) groups excluding carboxylic acids is 1. The number of aromatic hydroxyl groups is 1. The number of carbonyl (C=O) groups is 1. The monoisotopic (exact) mass is 483 g/mol. The molecule has 1 aliphatic rings. The number of amides is 1. The molecule has 1 atom stereocenters. The van der Waals surface area contributed by atoms with E-state index in [9.17, 15) is 9.90 Å². The predicted octanol–water partition coefficient (Wildman–Crippen LogP) is 3.81. The molecule has 7 heteroatoms. The predicted molar refractivity (Wildman–Crippen MR) is 111 cm³/mol. The van der Waals surface area contributed by atoms with E-state index in [0.717, 1.165) is 25.8 Å². The van der Waals surface area contributed by atoms with E-state index in [1.54, 1.807) is 27.4 Å². The SMILES string of the molecule is COc1cc2c(c(OC)c1OC)-c1cc(I)c(O)cc1[C@H](NC(C)=O)CC2. The zero-order chi connectivity index (χ0) is 19.7. The Morgan fingerprint density at radius 3 is 2.44 bits per heavy atom. The largest absolute Gasteiger partial charge is 0.507 e. The van der Waals surface area contributed by atoms with Gasteiger partial charge in [0.2, 0.25) is 11.7 Å². The smallest absolute Gasteiger partial charge is 0.217 e. The molecule has 2 aromatic carbocycles. The number of phenols is 1. The summed E-state index contributed by atoms with van der Waals surface area (Å²) in [4.78, 5) is 11.7. The second kappa shape index (κ2) is 7.84. The van der Waals surface area contributed by atoms with Gasteiger partial charge in [0, 0.05) is 12.5 Å². The highest BCUT2D eigenvalue weighted by Gasteiger charge is 2.30. The number of phenolic OH excluding ortho intramolecular Hbond substituents is 1. The molecule has 0 unspecified atom stereocenters. The summed E-state index contributed by atoms with van der Waals surface area (Å²) in [7, 11) is 4.76. The first kappa shape index (κ1) is 19.6. The Morgan fingerprint density at radius 1 is 1.15 bits per heavy atom. The molecule has 0 radical (unpaired) electrons. The number of halogens is 1. The molecule has 2 N–H and O–H groups in total. The first-order valence-corrected chi connectivity index (χ1v) is 9.60. The maximum atomic E-state index is 11.7. The highest BCUT2D eigenvalue weighted by atomic mass is 127. The molecule has 1 aliphatic carbocycles. The van der Waals surface area contributed by atoms with Gasteiger partial charge in [-0.3, -0.25) is 4.79 Å². The number of rotatable bonds is 4. The second-order valence-electron chi connectivity index (χ2n) is 6.36. The summed E-state index contributed by atoms with van der Waals surface area (Å²) in [6.07, 6.45) is 1.40. The van der Waals surface area contributed by atoms with Crippen LogP contribution < -0.4 is 19.5 Å². The lowest BCUT2D eigenvalue weighted by atomic mass is 9.93. The number of benzene rings is 2. The van der Waals surface area contributed by atoms with Crippen molar-refractivity contribution in [2.45, 2.75) is 25.8 Å². The van der Waals surface area contributed by atoms with Gasteiger partial charge in [0.15, 0.2) is 11.5 Å². The summed E-state index contributed by atoms with van der Waals surface area (Å²) < 4.78 is 17.5. The van der Waals surface area contributed by atoms with Crippen molar-refractivity contribution in [1.82, 2.24) is 5.32 Å². The average Bonchev–Trinajstić information content (AvgIpc) is 2.77. The topological polar surface area (TPSA) is 77.0 Å². The van der Waals surface area contributed by atoms with Crippen molar-refractivity contribution < 1.29 is 24.1 Å². The molecule has 0 aliphatic heterocycles. The van der Waals surface area contributed by atoms with Crippen molar-refractivity contribution in [3.8, 4) is 34.1 Å². The average molecular weight is 483 g/mol. The van der Waals surface area contributed by atoms with E-state index in [4.69, 9.17) is 14.2 Å². The van der Waals surface area contributed by atoms with Gasteiger partial charge in [0.25, 0.3) is 0 Å². The van der Waals surface area contributed by atoms with Crippen LogP contribution in [0, 0.1) is 3.57 Å². The van der Waals surface area contributed by atoms with Crippen LogP contribution in [0.15, 0.2) is 18.2 Å². The third-order valence-electron chi connectivity index (χ3n) is 4.76. The molecule has 0 aromatic heterocycles. The molecular formula is C20H22INO5. The Bertz CT molecular complexity index is 897. The standard InChI is InChI=1S/C20H22INO5/c1-10(23)22-15-6-5-11-7-17(25-2)19(26-3)20(27-4)18(11)13-8-14(21)16(24)9-12(13)15/h7-9,15,24H,5-6H2,1-4H3,(H,22,23)/t15-/m1/s1. The van der Waals surface area contributed by atoms with Gasteiger partial charge in [-0.2, -0.15) is 0 Å². The molecule has 3 rings (SSSR count). The van der Waals surface area contributed by atoms with E-state index < -0.39 is 0 Å². The zero-order valence-corrected chi connectivity index (χ0v) is 17.8. The Kier molecular flexibility index (Phi) is 5.69. The molecule has 2 aromatic rings. The summed E-state index contributed by atoms with van der Waals surface area (Å²) in [6.45, 7) is 1.50. The Morgan fingerprint density at radius 2 is 1.85 bits per heavy atom. The van der Waals surface area contributed by atoms with Gasteiger partial charge in [0.05, 0.1) is 30.9 Å². The summed E-state index contributed by atoms with van der Waals surface area (Å²) in [6, 6.07) is 5.38.